The molecule has 9 heteroatoms. The largest absolute Gasteiger partial charge is 0.486 e. The lowest BCUT2D eigenvalue weighted by atomic mass is 9.82. The lowest BCUT2D eigenvalue weighted by Gasteiger charge is -2.32. The number of benzene rings is 1. The molecular formula is C23H30N2O7. The second kappa shape index (κ2) is 9.77. The molecule has 1 saturated carbocycles. The van der Waals surface area contributed by atoms with Crippen molar-refractivity contribution in [1.29, 1.82) is 0 Å². The zero-order chi connectivity index (χ0) is 22.6. The summed E-state index contributed by atoms with van der Waals surface area (Å²) in [7, 11) is 0. The number of rotatable bonds is 6. The van der Waals surface area contributed by atoms with Gasteiger partial charge in [0, 0.05) is 31.3 Å². The third-order valence-corrected chi connectivity index (χ3v) is 6.31. The molecule has 0 bridgehead atoms. The van der Waals surface area contributed by atoms with Crippen LogP contribution in [-0.4, -0.2) is 68.3 Å². The number of nitrogens with zero attached hydrogens (tertiary/aromatic N) is 1. The van der Waals surface area contributed by atoms with Gasteiger partial charge in [-0.2, -0.15) is 0 Å². The number of hydrogen-bond acceptors (Lipinski definition) is 7. The van der Waals surface area contributed by atoms with Crippen molar-refractivity contribution in [3.05, 3.63) is 18.2 Å². The van der Waals surface area contributed by atoms with E-state index in [0.29, 0.717) is 69.5 Å². The molecule has 3 aliphatic rings. The van der Waals surface area contributed by atoms with E-state index in [1.54, 1.807) is 23.1 Å². The van der Waals surface area contributed by atoms with E-state index < -0.39 is 23.4 Å². The SMILES string of the molecule is C[C@@H](OC(=O)C1(CC(=O)N2CCOCC2)CCCC1)C(=O)Nc1ccc2c(c1)OCCO2. The van der Waals surface area contributed by atoms with Crippen LogP contribution in [0.3, 0.4) is 0 Å². The Bertz CT molecular complexity index is 860. The number of fused-ring (bicyclic) bond motifs is 1. The van der Waals surface area contributed by atoms with E-state index in [9.17, 15) is 14.4 Å². The van der Waals surface area contributed by atoms with Crippen LogP contribution in [0.5, 0.6) is 11.5 Å². The van der Waals surface area contributed by atoms with E-state index in [1.165, 1.54) is 6.92 Å². The van der Waals surface area contributed by atoms with Crippen LogP contribution in [0, 0.1) is 5.41 Å². The third-order valence-electron chi connectivity index (χ3n) is 6.31. The van der Waals surface area contributed by atoms with E-state index in [4.69, 9.17) is 18.9 Å². The van der Waals surface area contributed by atoms with Gasteiger partial charge in [-0.1, -0.05) is 12.8 Å². The third kappa shape index (κ3) is 4.98. The van der Waals surface area contributed by atoms with E-state index in [-0.39, 0.29) is 12.3 Å². The van der Waals surface area contributed by atoms with Gasteiger partial charge >= 0.3 is 5.97 Å². The number of carbonyl (C=O) groups excluding carboxylic acids is 3. The summed E-state index contributed by atoms with van der Waals surface area (Å²) in [4.78, 5) is 40.3. The van der Waals surface area contributed by atoms with Crippen molar-refractivity contribution in [2.24, 2.45) is 5.41 Å². The van der Waals surface area contributed by atoms with Crippen LogP contribution in [-0.2, 0) is 23.9 Å². The van der Waals surface area contributed by atoms with Crippen LogP contribution < -0.4 is 14.8 Å². The maximum Gasteiger partial charge on any atom is 0.313 e. The number of amides is 2. The minimum Gasteiger partial charge on any atom is -0.486 e. The fourth-order valence-corrected chi connectivity index (χ4v) is 4.42. The first-order valence-corrected chi connectivity index (χ1v) is 11.2. The highest BCUT2D eigenvalue weighted by atomic mass is 16.6. The molecule has 32 heavy (non-hydrogen) atoms. The summed E-state index contributed by atoms with van der Waals surface area (Å²) in [5.74, 6) is 0.219. The topological polar surface area (TPSA) is 103 Å². The van der Waals surface area contributed by atoms with E-state index in [0.717, 1.165) is 12.8 Å². The fraction of sp³-hybridized carbons (Fsp3) is 0.609. The molecule has 2 heterocycles. The molecule has 1 aromatic carbocycles. The van der Waals surface area contributed by atoms with Gasteiger partial charge in [-0.05, 0) is 31.9 Å². The van der Waals surface area contributed by atoms with Crippen molar-refractivity contribution in [3.63, 3.8) is 0 Å². The first-order valence-electron chi connectivity index (χ1n) is 11.2. The summed E-state index contributed by atoms with van der Waals surface area (Å²) >= 11 is 0. The lowest BCUT2D eigenvalue weighted by Crippen LogP contribution is -2.45. The number of esters is 1. The summed E-state index contributed by atoms with van der Waals surface area (Å²) in [6.07, 6.45) is 2.04. The molecule has 1 N–H and O–H groups in total. The molecule has 0 radical (unpaired) electrons. The second-order valence-electron chi connectivity index (χ2n) is 8.55. The molecule has 2 amide bonds. The Balaban J connectivity index is 1.36. The Morgan fingerprint density at radius 2 is 1.75 bits per heavy atom. The van der Waals surface area contributed by atoms with Crippen LogP contribution in [0.25, 0.3) is 0 Å². The van der Waals surface area contributed by atoms with E-state index in [1.807, 2.05) is 0 Å². The molecule has 0 aromatic heterocycles. The van der Waals surface area contributed by atoms with Crippen molar-refractivity contribution in [1.82, 2.24) is 4.90 Å². The van der Waals surface area contributed by atoms with Gasteiger partial charge in [0.2, 0.25) is 5.91 Å². The van der Waals surface area contributed by atoms with Crippen molar-refractivity contribution in [2.45, 2.75) is 45.1 Å². The predicted molar refractivity (Wildman–Crippen MR) is 115 cm³/mol. The number of nitrogens with one attached hydrogen (secondary N) is 1. The minimum absolute atomic E-state index is 0.0551. The molecule has 9 nitrogen and oxygen atoms in total. The van der Waals surface area contributed by atoms with Crippen LogP contribution in [0.15, 0.2) is 18.2 Å². The molecule has 0 spiro atoms. The van der Waals surface area contributed by atoms with Crippen LogP contribution in [0.1, 0.15) is 39.0 Å². The quantitative estimate of drug-likeness (QED) is 0.668. The monoisotopic (exact) mass is 446 g/mol. The maximum atomic E-state index is 13.1. The summed E-state index contributed by atoms with van der Waals surface area (Å²) in [6, 6.07) is 5.12. The molecule has 0 unspecified atom stereocenters. The standard InChI is InChI=1S/C23H30N2O7/c1-16(21(27)24-17-4-5-18-19(14-17)31-13-12-30-18)32-22(28)23(6-2-3-7-23)15-20(26)25-8-10-29-11-9-25/h4-5,14,16H,2-3,6-13,15H2,1H3,(H,24,27)/t16-/m1/s1. The van der Waals surface area contributed by atoms with E-state index >= 15 is 0 Å². The van der Waals surface area contributed by atoms with Crippen molar-refractivity contribution in [2.75, 3.05) is 44.8 Å². The average molecular weight is 447 g/mol. The number of hydrogen-bond donors (Lipinski definition) is 1. The summed E-state index contributed by atoms with van der Waals surface area (Å²) in [6.45, 7) is 4.58. The molecule has 1 aromatic rings. The normalized spacial score (nSPS) is 20.3. The summed E-state index contributed by atoms with van der Waals surface area (Å²) < 4.78 is 21.9. The molecule has 1 aliphatic carbocycles. The molecule has 1 saturated heterocycles. The predicted octanol–water partition coefficient (Wildman–Crippen LogP) is 2.14. The Hall–Kier alpha value is -2.81. The first kappa shape index (κ1) is 22.4. The molecule has 2 fully saturated rings. The van der Waals surface area contributed by atoms with Crippen LogP contribution >= 0.6 is 0 Å². The Kier molecular flexibility index (Phi) is 6.83. The van der Waals surface area contributed by atoms with Gasteiger partial charge in [0.1, 0.15) is 13.2 Å². The van der Waals surface area contributed by atoms with Gasteiger partial charge in [-0.15, -0.1) is 0 Å². The zero-order valence-corrected chi connectivity index (χ0v) is 18.4. The van der Waals surface area contributed by atoms with Gasteiger partial charge in [-0.25, -0.2) is 0 Å². The highest BCUT2D eigenvalue weighted by Crippen LogP contribution is 2.43. The second-order valence-corrected chi connectivity index (χ2v) is 8.55. The van der Waals surface area contributed by atoms with Gasteiger partial charge < -0.3 is 29.2 Å². The number of anilines is 1. The number of morpholine rings is 1. The van der Waals surface area contributed by atoms with Gasteiger partial charge in [0.15, 0.2) is 17.6 Å². The fourth-order valence-electron chi connectivity index (χ4n) is 4.42. The summed E-state index contributed by atoms with van der Waals surface area (Å²) in [5, 5.41) is 2.75. The summed E-state index contributed by atoms with van der Waals surface area (Å²) in [5.41, 5.74) is -0.332. The smallest absolute Gasteiger partial charge is 0.313 e. The molecule has 1 atom stereocenters. The maximum absolute atomic E-state index is 13.1. The molecule has 4 rings (SSSR count). The van der Waals surface area contributed by atoms with Gasteiger partial charge in [0.05, 0.1) is 18.6 Å². The number of ether oxygens (including phenoxy) is 4. The van der Waals surface area contributed by atoms with Crippen LogP contribution in [0.2, 0.25) is 0 Å². The highest BCUT2D eigenvalue weighted by molar-refractivity contribution is 5.96. The Labute approximate surface area is 187 Å². The Morgan fingerprint density at radius 3 is 2.47 bits per heavy atom. The van der Waals surface area contributed by atoms with Crippen molar-refractivity contribution >= 4 is 23.5 Å². The zero-order valence-electron chi connectivity index (χ0n) is 18.4. The van der Waals surface area contributed by atoms with Crippen molar-refractivity contribution < 1.29 is 33.3 Å². The van der Waals surface area contributed by atoms with E-state index in [2.05, 4.69) is 5.32 Å². The van der Waals surface area contributed by atoms with Gasteiger partial charge in [-0.3, -0.25) is 14.4 Å². The average Bonchev–Trinajstić information content (AvgIpc) is 3.29. The number of carbonyl (C=O) groups is 3. The molecular weight excluding hydrogens is 416 g/mol. The van der Waals surface area contributed by atoms with Crippen molar-refractivity contribution in [3.8, 4) is 11.5 Å². The van der Waals surface area contributed by atoms with Crippen LogP contribution in [0.4, 0.5) is 5.69 Å². The lowest BCUT2D eigenvalue weighted by molar-refractivity contribution is -0.166. The Morgan fingerprint density at radius 1 is 1.06 bits per heavy atom. The van der Waals surface area contributed by atoms with Gasteiger partial charge in [0.25, 0.3) is 5.91 Å². The molecule has 174 valence electrons. The first-order chi connectivity index (χ1) is 15.5. The highest BCUT2D eigenvalue weighted by Gasteiger charge is 2.46. The molecule has 2 aliphatic heterocycles. The minimum atomic E-state index is -0.994.